The quantitative estimate of drug-likeness (QED) is 0.642. The van der Waals surface area contributed by atoms with Crippen molar-refractivity contribution in [3.8, 4) is 0 Å². The van der Waals surface area contributed by atoms with Gasteiger partial charge < -0.3 is 4.57 Å². The molecule has 0 atom stereocenters. The second-order valence-electron chi connectivity index (χ2n) is 6.53. The van der Waals surface area contributed by atoms with Gasteiger partial charge in [-0.1, -0.05) is 29.8 Å². The second-order valence-corrected chi connectivity index (χ2v) is 6.94. The Morgan fingerprint density at radius 1 is 1.00 bits per heavy atom. The monoisotopic (exact) mass is 342 g/mol. The van der Waals surface area contributed by atoms with E-state index in [2.05, 4.69) is 21.7 Å². The largest absolute Gasteiger partial charge is 0.343 e. The molecule has 0 bridgehead atoms. The summed E-state index contributed by atoms with van der Waals surface area (Å²) in [5, 5.41) is 1.92. The first-order valence-electron chi connectivity index (χ1n) is 8.44. The van der Waals surface area contributed by atoms with Gasteiger partial charge in [0.2, 0.25) is 0 Å². The lowest BCUT2D eigenvalue weighted by molar-refractivity contribution is 0.332. The van der Waals surface area contributed by atoms with E-state index in [-0.39, 0.29) is 5.82 Å². The normalized spacial score (nSPS) is 15.4. The number of hydrogen-bond donors (Lipinski definition) is 0. The number of fused-ring (bicyclic) bond motifs is 1. The van der Waals surface area contributed by atoms with Crippen molar-refractivity contribution in [2.45, 2.75) is 25.9 Å². The van der Waals surface area contributed by atoms with E-state index in [1.165, 1.54) is 24.5 Å². The Kier molecular flexibility index (Phi) is 4.30. The van der Waals surface area contributed by atoms with Crippen molar-refractivity contribution in [3.05, 3.63) is 70.6 Å². The fourth-order valence-electron chi connectivity index (χ4n) is 3.66. The van der Waals surface area contributed by atoms with E-state index in [1.807, 2.05) is 18.2 Å². The van der Waals surface area contributed by atoms with Gasteiger partial charge >= 0.3 is 0 Å². The molecule has 24 heavy (non-hydrogen) atoms. The second kappa shape index (κ2) is 6.58. The molecule has 0 radical (unpaired) electrons. The molecule has 0 saturated carbocycles. The highest BCUT2D eigenvalue weighted by Gasteiger charge is 2.17. The number of nitrogens with zero attached hydrogens (tertiary/aromatic N) is 2. The van der Waals surface area contributed by atoms with Gasteiger partial charge in [0.25, 0.3) is 0 Å². The zero-order valence-electron chi connectivity index (χ0n) is 13.5. The summed E-state index contributed by atoms with van der Waals surface area (Å²) in [6, 6.07) is 12.8. The zero-order chi connectivity index (χ0) is 16.5. The van der Waals surface area contributed by atoms with E-state index >= 15 is 0 Å². The first-order chi connectivity index (χ1) is 11.7. The van der Waals surface area contributed by atoms with E-state index in [0.29, 0.717) is 6.54 Å². The number of likely N-dealkylation sites (tertiary alicyclic amines) is 1. The summed E-state index contributed by atoms with van der Waals surface area (Å²) in [6.45, 7) is 3.88. The number of benzene rings is 2. The maximum absolute atomic E-state index is 13.5. The number of aromatic nitrogens is 1. The van der Waals surface area contributed by atoms with Crippen molar-refractivity contribution in [1.82, 2.24) is 9.47 Å². The first kappa shape index (κ1) is 15.7. The molecular weight excluding hydrogens is 323 g/mol. The van der Waals surface area contributed by atoms with E-state index in [0.717, 1.165) is 41.1 Å². The van der Waals surface area contributed by atoms with Gasteiger partial charge in [0.15, 0.2) is 0 Å². The van der Waals surface area contributed by atoms with Crippen LogP contribution in [0.25, 0.3) is 10.9 Å². The zero-order valence-corrected chi connectivity index (χ0v) is 14.3. The molecule has 3 aromatic rings. The van der Waals surface area contributed by atoms with Crippen molar-refractivity contribution in [1.29, 1.82) is 0 Å². The third-order valence-corrected chi connectivity index (χ3v) is 5.08. The van der Waals surface area contributed by atoms with Crippen molar-refractivity contribution in [2.24, 2.45) is 0 Å². The highest BCUT2D eigenvalue weighted by molar-refractivity contribution is 6.35. The van der Waals surface area contributed by atoms with Crippen LogP contribution in [0.1, 0.15) is 24.0 Å². The van der Waals surface area contributed by atoms with Crippen LogP contribution in [0.3, 0.4) is 0 Å². The Bertz CT molecular complexity index is 865. The molecular formula is C20H20ClFN2. The van der Waals surface area contributed by atoms with Gasteiger partial charge in [-0.05, 0) is 61.3 Å². The van der Waals surface area contributed by atoms with Gasteiger partial charge in [0, 0.05) is 24.7 Å². The van der Waals surface area contributed by atoms with Crippen LogP contribution in [-0.2, 0) is 13.1 Å². The lowest BCUT2D eigenvalue weighted by atomic mass is 10.1. The van der Waals surface area contributed by atoms with Crippen molar-refractivity contribution >= 4 is 22.5 Å². The predicted molar refractivity (Wildman–Crippen MR) is 97.0 cm³/mol. The van der Waals surface area contributed by atoms with Crippen molar-refractivity contribution in [3.63, 3.8) is 0 Å². The molecule has 1 fully saturated rings. The Morgan fingerprint density at radius 2 is 1.79 bits per heavy atom. The molecule has 0 unspecified atom stereocenters. The smallest absolute Gasteiger partial charge is 0.123 e. The first-order valence-corrected chi connectivity index (χ1v) is 8.81. The summed E-state index contributed by atoms with van der Waals surface area (Å²) in [4.78, 5) is 2.48. The molecule has 0 spiro atoms. The van der Waals surface area contributed by atoms with Crippen LogP contribution in [0.15, 0.2) is 48.7 Å². The Labute approximate surface area is 146 Å². The van der Waals surface area contributed by atoms with Crippen LogP contribution >= 0.6 is 11.6 Å². The molecule has 1 aliphatic rings. The average molecular weight is 343 g/mol. The van der Waals surface area contributed by atoms with Crippen LogP contribution in [0.5, 0.6) is 0 Å². The molecule has 4 heteroatoms. The van der Waals surface area contributed by atoms with Crippen molar-refractivity contribution in [2.75, 3.05) is 13.1 Å². The van der Waals surface area contributed by atoms with Gasteiger partial charge in [-0.2, -0.15) is 0 Å². The van der Waals surface area contributed by atoms with Crippen LogP contribution in [-0.4, -0.2) is 22.6 Å². The lowest BCUT2D eigenvalue weighted by Gasteiger charge is -2.13. The maximum Gasteiger partial charge on any atom is 0.123 e. The highest BCUT2D eigenvalue weighted by atomic mass is 35.5. The van der Waals surface area contributed by atoms with Crippen LogP contribution < -0.4 is 0 Å². The molecule has 2 heterocycles. The average Bonchev–Trinajstić information content (AvgIpc) is 3.17. The molecule has 0 aliphatic carbocycles. The molecule has 1 aromatic heterocycles. The van der Waals surface area contributed by atoms with Gasteiger partial charge in [0.1, 0.15) is 5.82 Å². The molecule has 124 valence electrons. The SMILES string of the molecule is Fc1cccc(Cn2cc(CN3CCCC3)c3c(Cl)cccc32)c1. The third kappa shape index (κ3) is 3.06. The Morgan fingerprint density at radius 3 is 2.58 bits per heavy atom. The van der Waals surface area contributed by atoms with Gasteiger partial charge in [0.05, 0.1) is 10.5 Å². The summed E-state index contributed by atoms with van der Waals surface area (Å²) in [5.74, 6) is -0.195. The molecule has 1 saturated heterocycles. The summed E-state index contributed by atoms with van der Waals surface area (Å²) in [5.41, 5.74) is 3.33. The fraction of sp³-hybridized carbons (Fsp3) is 0.300. The van der Waals surface area contributed by atoms with E-state index < -0.39 is 0 Å². The molecule has 4 rings (SSSR count). The topological polar surface area (TPSA) is 8.17 Å². The van der Waals surface area contributed by atoms with E-state index in [4.69, 9.17) is 11.6 Å². The van der Waals surface area contributed by atoms with Gasteiger partial charge in [-0.25, -0.2) is 4.39 Å². The minimum atomic E-state index is -0.195. The maximum atomic E-state index is 13.5. The van der Waals surface area contributed by atoms with Crippen LogP contribution in [0, 0.1) is 5.82 Å². The minimum Gasteiger partial charge on any atom is -0.343 e. The fourth-order valence-corrected chi connectivity index (χ4v) is 3.95. The standard InChI is InChI=1S/C20H20ClFN2/c21-18-7-4-8-19-20(18)16(13-23-9-1-2-10-23)14-24(19)12-15-5-3-6-17(22)11-15/h3-8,11,14H,1-2,9-10,12-13H2. The van der Waals surface area contributed by atoms with E-state index in [9.17, 15) is 4.39 Å². The summed E-state index contributed by atoms with van der Waals surface area (Å²) in [7, 11) is 0. The number of rotatable bonds is 4. The lowest BCUT2D eigenvalue weighted by Crippen LogP contribution is -2.18. The van der Waals surface area contributed by atoms with Gasteiger partial charge in [-0.15, -0.1) is 0 Å². The third-order valence-electron chi connectivity index (χ3n) is 4.77. The van der Waals surface area contributed by atoms with Gasteiger partial charge in [-0.3, -0.25) is 4.90 Å². The summed E-state index contributed by atoms with van der Waals surface area (Å²) < 4.78 is 15.7. The summed E-state index contributed by atoms with van der Waals surface area (Å²) in [6.07, 6.45) is 4.73. The minimum absolute atomic E-state index is 0.195. The van der Waals surface area contributed by atoms with Crippen LogP contribution in [0.4, 0.5) is 4.39 Å². The molecule has 2 aromatic carbocycles. The number of halogens is 2. The summed E-state index contributed by atoms with van der Waals surface area (Å²) >= 11 is 6.50. The highest BCUT2D eigenvalue weighted by Crippen LogP contribution is 2.31. The molecule has 0 amide bonds. The Balaban J connectivity index is 1.73. The predicted octanol–water partition coefficient (Wildman–Crippen LogP) is 5.08. The molecule has 0 N–H and O–H groups in total. The van der Waals surface area contributed by atoms with E-state index in [1.54, 1.807) is 12.1 Å². The van der Waals surface area contributed by atoms with Crippen LogP contribution in [0.2, 0.25) is 5.02 Å². The van der Waals surface area contributed by atoms with Crippen molar-refractivity contribution < 1.29 is 4.39 Å². The number of hydrogen-bond acceptors (Lipinski definition) is 1. The molecule has 2 nitrogen and oxygen atoms in total. The molecule has 1 aliphatic heterocycles. The Hall–Kier alpha value is -1.84.